The lowest BCUT2D eigenvalue weighted by Gasteiger charge is -2.38. The van der Waals surface area contributed by atoms with Gasteiger partial charge in [-0.3, -0.25) is 0 Å². The molecule has 114 valence electrons. The van der Waals surface area contributed by atoms with Crippen LogP contribution in [0.4, 0.5) is 0 Å². The highest BCUT2D eigenvalue weighted by atomic mass is 35.5. The minimum atomic E-state index is -3.43. The van der Waals surface area contributed by atoms with Crippen molar-refractivity contribution in [2.45, 2.75) is 49.4 Å². The van der Waals surface area contributed by atoms with Crippen LogP contribution in [0.1, 0.15) is 33.1 Å². The van der Waals surface area contributed by atoms with E-state index in [1.807, 2.05) is 6.92 Å². The molecule has 0 saturated carbocycles. The summed E-state index contributed by atoms with van der Waals surface area (Å²) in [5, 5.41) is 3.35. The Bertz CT molecular complexity index is 544. The summed E-state index contributed by atoms with van der Waals surface area (Å²) >= 11 is 7.01. The number of hydrogen-bond acceptors (Lipinski definition) is 4. The van der Waals surface area contributed by atoms with Crippen LogP contribution in [0, 0.1) is 0 Å². The van der Waals surface area contributed by atoms with Crippen molar-refractivity contribution in [3.8, 4) is 0 Å². The first-order chi connectivity index (χ1) is 9.46. The third-order valence-electron chi connectivity index (χ3n) is 3.71. The molecular formula is C13H21ClN2O2S2. The van der Waals surface area contributed by atoms with Gasteiger partial charge in [0.15, 0.2) is 0 Å². The number of nitrogens with one attached hydrogen (secondary N) is 1. The molecule has 2 heterocycles. The molecule has 1 aromatic heterocycles. The van der Waals surface area contributed by atoms with E-state index in [2.05, 4.69) is 12.2 Å². The van der Waals surface area contributed by atoms with Crippen molar-refractivity contribution >= 4 is 33.0 Å². The van der Waals surface area contributed by atoms with Crippen LogP contribution in [0.2, 0.25) is 4.34 Å². The Kier molecular flexibility index (Phi) is 5.48. The van der Waals surface area contributed by atoms with Crippen LogP contribution >= 0.6 is 22.9 Å². The van der Waals surface area contributed by atoms with Crippen molar-refractivity contribution < 1.29 is 8.42 Å². The number of nitrogens with zero attached hydrogens (tertiary/aromatic N) is 1. The van der Waals surface area contributed by atoms with Gasteiger partial charge >= 0.3 is 0 Å². The second-order valence-corrected chi connectivity index (χ2v) is 8.92. The van der Waals surface area contributed by atoms with Gasteiger partial charge < -0.3 is 5.32 Å². The van der Waals surface area contributed by atoms with Gasteiger partial charge in [0.25, 0.3) is 10.0 Å². The number of halogens is 1. The van der Waals surface area contributed by atoms with Crippen LogP contribution in [0.5, 0.6) is 0 Å². The van der Waals surface area contributed by atoms with E-state index < -0.39 is 10.0 Å². The van der Waals surface area contributed by atoms with Crippen LogP contribution in [0.15, 0.2) is 16.3 Å². The fraction of sp³-hybridized carbons (Fsp3) is 0.692. The number of piperidine rings is 1. The summed E-state index contributed by atoms with van der Waals surface area (Å²) in [5.41, 5.74) is 0. The molecule has 2 unspecified atom stereocenters. The van der Waals surface area contributed by atoms with Gasteiger partial charge in [-0.05, 0) is 38.4 Å². The molecule has 0 radical (unpaired) electrons. The van der Waals surface area contributed by atoms with E-state index in [0.717, 1.165) is 37.1 Å². The molecule has 1 fully saturated rings. The molecule has 7 heteroatoms. The Hall–Kier alpha value is -0.140. The molecule has 0 spiro atoms. The number of hydrogen-bond donors (Lipinski definition) is 1. The lowest BCUT2D eigenvalue weighted by Crippen LogP contribution is -2.52. The topological polar surface area (TPSA) is 49.4 Å². The van der Waals surface area contributed by atoms with Crippen molar-refractivity contribution in [2.75, 3.05) is 13.1 Å². The zero-order valence-electron chi connectivity index (χ0n) is 11.8. The van der Waals surface area contributed by atoms with Gasteiger partial charge in [-0.25, -0.2) is 8.42 Å². The van der Waals surface area contributed by atoms with E-state index in [9.17, 15) is 8.42 Å². The van der Waals surface area contributed by atoms with Crippen molar-refractivity contribution in [1.29, 1.82) is 0 Å². The molecule has 2 atom stereocenters. The van der Waals surface area contributed by atoms with E-state index in [4.69, 9.17) is 11.6 Å². The van der Waals surface area contributed by atoms with Crippen LogP contribution in [-0.2, 0) is 10.0 Å². The molecule has 2 rings (SSSR count). The van der Waals surface area contributed by atoms with Gasteiger partial charge in [0, 0.05) is 18.6 Å². The predicted octanol–water partition coefficient (Wildman–Crippen LogP) is 2.94. The molecular weight excluding hydrogens is 316 g/mol. The molecule has 1 N–H and O–H groups in total. The maximum Gasteiger partial charge on any atom is 0.252 e. The zero-order valence-corrected chi connectivity index (χ0v) is 14.2. The minimum absolute atomic E-state index is 0.0228. The molecule has 0 aliphatic carbocycles. The summed E-state index contributed by atoms with van der Waals surface area (Å²) in [6, 6.07) is 3.43. The summed E-state index contributed by atoms with van der Waals surface area (Å²) in [6.45, 7) is 5.54. The molecule has 0 aromatic carbocycles. The van der Waals surface area contributed by atoms with Crippen LogP contribution in [-0.4, -0.2) is 37.9 Å². The van der Waals surface area contributed by atoms with Crippen LogP contribution in [0.3, 0.4) is 0 Å². The molecule has 1 aliphatic heterocycles. The third-order valence-corrected chi connectivity index (χ3v) is 7.34. The number of thiophene rings is 1. The quantitative estimate of drug-likeness (QED) is 0.899. The zero-order chi connectivity index (χ0) is 14.8. The molecule has 1 saturated heterocycles. The average Bonchev–Trinajstić information content (AvgIpc) is 2.86. The highest BCUT2D eigenvalue weighted by Crippen LogP contribution is 2.32. The van der Waals surface area contributed by atoms with E-state index in [-0.39, 0.29) is 12.1 Å². The third kappa shape index (κ3) is 3.36. The highest BCUT2D eigenvalue weighted by molar-refractivity contribution is 7.91. The second-order valence-electron chi connectivity index (χ2n) is 5.08. The molecule has 0 bridgehead atoms. The Morgan fingerprint density at radius 3 is 2.85 bits per heavy atom. The van der Waals surface area contributed by atoms with E-state index >= 15 is 0 Å². The lowest BCUT2D eigenvalue weighted by molar-refractivity contribution is 0.210. The summed E-state index contributed by atoms with van der Waals surface area (Å²) in [5.74, 6) is 0. The SMILES string of the molecule is CCNC(C)C1CCCCN1S(=O)(=O)c1ccc(Cl)s1. The monoisotopic (exact) mass is 336 g/mol. The fourth-order valence-electron chi connectivity index (χ4n) is 2.74. The maximum absolute atomic E-state index is 12.8. The normalized spacial score (nSPS) is 22.9. The molecule has 4 nitrogen and oxygen atoms in total. The number of sulfonamides is 1. The Balaban J connectivity index is 2.27. The summed E-state index contributed by atoms with van der Waals surface area (Å²) in [4.78, 5) is 0. The Labute approximate surface area is 130 Å². The Morgan fingerprint density at radius 2 is 2.25 bits per heavy atom. The lowest BCUT2D eigenvalue weighted by atomic mass is 9.99. The second kappa shape index (κ2) is 6.75. The van der Waals surface area contributed by atoms with E-state index in [0.29, 0.717) is 15.1 Å². The van der Waals surface area contributed by atoms with Crippen LogP contribution < -0.4 is 5.32 Å². The largest absolute Gasteiger partial charge is 0.313 e. The first kappa shape index (κ1) is 16.2. The molecule has 0 amide bonds. The van der Waals surface area contributed by atoms with Crippen molar-refractivity contribution in [1.82, 2.24) is 9.62 Å². The molecule has 20 heavy (non-hydrogen) atoms. The first-order valence-corrected chi connectivity index (χ1v) is 9.61. The maximum atomic E-state index is 12.8. The van der Waals surface area contributed by atoms with Crippen molar-refractivity contribution in [3.05, 3.63) is 16.5 Å². The summed E-state index contributed by atoms with van der Waals surface area (Å²) < 4.78 is 28.1. The summed E-state index contributed by atoms with van der Waals surface area (Å²) in [6.07, 6.45) is 2.91. The van der Waals surface area contributed by atoms with E-state index in [1.54, 1.807) is 16.4 Å². The van der Waals surface area contributed by atoms with Gasteiger partial charge in [-0.1, -0.05) is 24.9 Å². The Morgan fingerprint density at radius 1 is 1.50 bits per heavy atom. The van der Waals surface area contributed by atoms with Gasteiger partial charge in [0.2, 0.25) is 0 Å². The van der Waals surface area contributed by atoms with Gasteiger partial charge in [-0.15, -0.1) is 11.3 Å². The van der Waals surface area contributed by atoms with Gasteiger partial charge in [0.1, 0.15) is 4.21 Å². The van der Waals surface area contributed by atoms with Crippen LogP contribution in [0.25, 0.3) is 0 Å². The standard InChI is InChI=1S/C13H21ClN2O2S2/c1-3-15-10(2)11-6-4-5-9-16(11)20(17,18)13-8-7-12(14)19-13/h7-8,10-11,15H,3-6,9H2,1-2H3. The minimum Gasteiger partial charge on any atom is -0.313 e. The molecule has 1 aromatic rings. The smallest absolute Gasteiger partial charge is 0.252 e. The van der Waals surface area contributed by atoms with Gasteiger partial charge in [0.05, 0.1) is 4.34 Å². The summed E-state index contributed by atoms with van der Waals surface area (Å²) in [7, 11) is -3.43. The van der Waals surface area contributed by atoms with Crippen molar-refractivity contribution in [2.24, 2.45) is 0 Å². The van der Waals surface area contributed by atoms with E-state index in [1.165, 1.54) is 0 Å². The first-order valence-electron chi connectivity index (χ1n) is 6.97. The predicted molar refractivity (Wildman–Crippen MR) is 84.0 cm³/mol. The van der Waals surface area contributed by atoms with Crippen molar-refractivity contribution in [3.63, 3.8) is 0 Å². The molecule has 1 aliphatic rings. The number of rotatable bonds is 5. The fourth-order valence-corrected chi connectivity index (χ4v) is 6.12. The average molecular weight is 337 g/mol. The number of likely N-dealkylation sites (N-methyl/N-ethyl adjacent to an activating group) is 1. The van der Waals surface area contributed by atoms with Gasteiger partial charge in [-0.2, -0.15) is 4.31 Å². The highest BCUT2D eigenvalue weighted by Gasteiger charge is 2.36.